The fourth-order valence-corrected chi connectivity index (χ4v) is 2.13. The number of hydrogen-bond donors (Lipinski definition) is 3. The van der Waals surface area contributed by atoms with E-state index in [1.165, 1.54) is 0 Å². The Kier molecular flexibility index (Phi) is 4.56. The van der Waals surface area contributed by atoms with Crippen LogP contribution >= 0.6 is 0 Å². The number of carbonyl (C=O) groups excluding carboxylic acids is 1. The van der Waals surface area contributed by atoms with Gasteiger partial charge in [0.05, 0.1) is 19.3 Å². The summed E-state index contributed by atoms with van der Waals surface area (Å²) >= 11 is 0. The lowest BCUT2D eigenvalue weighted by atomic mass is 10.2. The number of aliphatic hydroxyl groups is 2. The molecule has 0 radical (unpaired) electrons. The summed E-state index contributed by atoms with van der Waals surface area (Å²) in [6, 6.07) is 0. The standard InChI is InChI=1S/C12H16N2O7/c1-2-20-11(18)7-4-14(12(19)13-9(7)17)10-8(16)3-6(5-15)21-10/h4,6,8,10,15-16H,2-3,5H2,1H3,(H,13,17,19)/t6-,8+,10+/m0/s1. The van der Waals surface area contributed by atoms with E-state index >= 15 is 0 Å². The molecule has 0 spiro atoms. The molecular formula is C12H16N2O7. The quantitative estimate of drug-likeness (QED) is 0.568. The second-order valence-corrected chi connectivity index (χ2v) is 4.56. The molecule has 1 aromatic heterocycles. The van der Waals surface area contributed by atoms with Gasteiger partial charge in [-0.3, -0.25) is 14.3 Å². The zero-order valence-corrected chi connectivity index (χ0v) is 11.3. The molecule has 0 aromatic carbocycles. The number of H-pyrrole nitrogens is 1. The topological polar surface area (TPSA) is 131 Å². The third-order valence-corrected chi connectivity index (χ3v) is 3.11. The van der Waals surface area contributed by atoms with Crippen molar-refractivity contribution >= 4 is 5.97 Å². The first-order valence-corrected chi connectivity index (χ1v) is 6.44. The van der Waals surface area contributed by atoms with Crippen molar-refractivity contribution in [2.24, 2.45) is 0 Å². The average Bonchev–Trinajstić information content (AvgIpc) is 2.80. The molecule has 1 aromatic rings. The van der Waals surface area contributed by atoms with Crippen LogP contribution in [0.5, 0.6) is 0 Å². The van der Waals surface area contributed by atoms with E-state index < -0.39 is 35.7 Å². The van der Waals surface area contributed by atoms with Crippen LogP contribution in [0.2, 0.25) is 0 Å². The maximum Gasteiger partial charge on any atom is 0.345 e. The summed E-state index contributed by atoms with van der Waals surface area (Å²) in [5.41, 5.74) is -2.06. The van der Waals surface area contributed by atoms with E-state index in [1.807, 2.05) is 4.98 Å². The molecule has 9 nitrogen and oxygen atoms in total. The SMILES string of the molecule is CCOC(=O)c1cn([C@@H]2O[C@H](CO)C[C@H]2O)c(=O)[nH]c1=O. The summed E-state index contributed by atoms with van der Waals surface area (Å²) in [5.74, 6) is -0.876. The molecule has 0 saturated carbocycles. The van der Waals surface area contributed by atoms with E-state index in [-0.39, 0.29) is 25.2 Å². The van der Waals surface area contributed by atoms with Gasteiger partial charge in [-0.05, 0) is 6.92 Å². The van der Waals surface area contributed by atoms with Crippen LogP contribution in [0, 0.1) is 0 Å². The molecular weight excluding hydrogens is 284 g/mol. The minimum Gasteiger partial charge on any atom is -0.462 e. The fraction of sp³-hybridized carbons (Fsp3) is 0.583. The first-order valence-electron chi connectivity index (χ1n) is 6.44. The van der Waals surface area contributed by atoms with Crippen molar-refractivity contribution in [3.63, 3.8) is 0 Å². The van der Waals surface area contributed by atoms with Crippen LogP contribution in [0.15, 0.2) is 15.8 Å². The number of carbonyl (C=O) groups is 1. The molecule has 21 heavy (non-hydrogen) atoms. The minimum absolute atomic E-state index is 0.0759. The Morgan fingerprint density at radius 3 is 2.86 bits per heavy atom. The van der Waals surface area contributed by atoms with E-state index in [0.29, 0.717) is 0 Å². The third kappa shape index (κ3) is 3.04. The highest BCUT2D eigenvalue weighted by Gasteiger charge is 2.36. The number of aliphatic hydroxyl groups excluding tert-OH is 2. The average molecular weight is 300 g/mol. The maximum atomic E-state index is 11.8. The number of esters is 1. The van der Waals surface area contributed by atoms with Crippen molar-refractivity contribution in [2.45, 2.75) is 31.8 Å². The van der Waals surface area contributed by atoms with Crippen molar-refractivity contribution < 1.29 is 24.5 Å². The Balaban J connectivity index is 2.40. The predicted octanol–water partition coefficient (Wildman–Crippen LogP) is -1.65. The maximum absolute atomic E-state index is 11.8. The van der Waals surface area contributed by atoms with Gasteiger partial charge >= 0.3 is 11.7 Å². The predicted molar refractivity (Wildman–Crippen MR) is 68.9 cm³/mol. The van der Waals surface area contributed by atoms with Crippen LogP contribution in [-0.4, -0.2) is 51.2 Å². The third-order valence-electron chi connectivity index (χ3n) is 3.11. The highest BCUT2D eigenvalue weighted by atomic mass is 16.5. The lowest BCUT2D eigenvalue weighted by Gasteiger charge is -2.17. The zero-order chi connectivity index (χ0) is 15.6. The van der Waals surface area contributed by atoms with Crippen LogP contribution < -0.4 is 11.2 Å². The van der Waals surface area contributed by atoms with Gasteiger partial charge in [0.2, 0.25) is 0 Å². The fourth-order valence-electron chi connectivity index (χ4n) is 2.13. The van der Waals surface area contributed by atoms with Gasteiger partial charge in [0.25, 0.3) is 5.56 Å². The van der Waals surface area contributed by atoms with E-state index in [9.17, 15) is 19.5 Å². The van der Waals surface area contributed by atoms with Crippen LogP contribution in [0.25, 0.3) is 0 Å². The first-order chi connectivity index (χ1) is 9.97. The lowest BCUT2D eigenvalue weighted by molar-refractivity contribution is -0.0532. The number of rotatable bonds is 4. The molecule has 0 bridgehead atoms. The zero-order valence-electron chi connectivity index (χ0n) is 11.3. The number of nitrogens with one attached hydrogen (secondary N) is 1. The summed E-state index contributed by atoms with van der Waals surface area (Å²) in [6.45, 7) is 1.35. The summed E-state index contributed by atoms with van der Waals surface area (Å²) in [7, 11) is 0. The Morgan fingerprint density at radius 2 is 2.29 bits per heavy atom. The molecule has 0 unspecified atom stereocenters. The van der Waals surface area contributed by atoms with Gasteiger partial charge in [0.1, 0.15) is 11.7 Å². The minimum atomic E-state index is -1.08. The summed E-state index contributed by atoms with van der Waals surface area (Å²) in [6.07, 6.45) is -1.61. The van der Waals surface area contributed by atoms with Crippen LogP contribution in [0.3, 0.4) is 0 Å². The van der Waals surface area contributed by atoms with Crippen molar-refractivity contribution in [1.29, 1.82) is 0 Å². The Hall–Kier alpha value is -1.97. The molecule has 0 amide bonds. The molecule has 1 aliphatic heterocycles. The molecule has 3 atom stereocenters. The molecule has 3 N–H and O–H groups in total. The molecule has 0 aliphatic carbocycles. The van der Waals surface area contributed by atoms with Gasteiger partial charge < -0.3 is 19.7 Å². The van der Waals surface area contributed by atoms with Crippen molar-refractivity contribution in [3.05, 3.63) is 32.6 Å². The normalized spacial score (nSPS) is 25.0. The molecule has 9 heteroatoms. The number of nitrogens with zero attached hydrogens (tertiary/aromatic N) is 1. The number of aromatic nitrogens is 2. The molecule has 2 heterocycles. The smallest absolute Gasteiger partial charge is 0.345 e. The second kappa shape index (κ2) is 6.20. The second-order valence-electron chi connectivity index (χ2n) is 4.56. The molecule has 116 valence electrons. The van der Waals surface area contributed by atoms with E-state index in [4.69, 9.17) is 14.6 Å². The number of aromatic amines is 1. The summed E-state index contributed by atoms with van der Waals surface area (Å²) in [4.78, 5) is 37.0. The van der Waals surface area contributed by atoms with Gasteiger partial charge in [-0.1, -0.05) is 0 Å². The van der Waals surface area contributed by atoms with Gasteiger partial charge in [-0.2, -0.15) is 0 Å². The number of hydrogen-bond acceptors (Lipinski definition) is 7. The summed E-state index contributed by atoms with van der Waals surface area (Å²) < 4.78 is 10.9. The van der Waals surface area contributed by atoms with E-state index in [2.05, 4.69) is 0 Å². The highest BCUT2D eigenvalue weighted by Crippen LogP contribution is 2.27. The van der Waals surface area contributed by atoms with Crippen LogP contribution in [0.4, 0.5) is 0 Å². The monoisotopic (exact) mass is 300 g/mol. The van der Waals surface area contributed by atoms with Gasteiger partial charge in [0.15, 0.2) is 6.23 Å². The molecule has 1 fully saturated rings. The Labute approximate surface area is 118 Å². The highest BCUT2D eigenvalue weighted by molar-refractivity contribution is 5.88. The van der Waals surface area contributed by atoms with Crippen molar-refractivity contribution in [3.8, 4) is 0 Å². The Bertz CT molecular complexity index is 635. The van der Waals surface area contributed by atoms with Crippen molar-refractivity contribution in [2.75, 3.05) is 13.2 Å². The Morgan fingerprint density at radius 1 is 1.57 bits per heavy atom. The van der Waals surface area contributed by atoms with Crippen LogP contribution in [0.1, 0.15) is 29.9 Å². The first kappa shape index (κ1) is 15.4. The van der Waals surface area contributed by atoms with Gasteiger partial charge in [-0.25, -0.2) is 9.59 Å². The van der Waals surface area contributed by atoms with E-state index in [1.54, 1.807) is 6.92 Å². The molecule has 2 rings (SSSR count). The van der Waals surface area contributed by atoms with Crippen LogP contribution in [-0.2, 0) is 9.47 Å². The molecule has 1 aliphatic rings. The van der Waals surface area contributed by atoms with Gasteiger partial charge in [0, 0.05) is 12.6 Å². The van der Waals surface area contributed by atoms with E-state index in [0.717, 1.165) is 10.8 Å². The molecule has 1 saturated heterocycles. The van der Waals surface area contributed by atoms with Gasteiger partial charge in [-0.15, -0.1) is 0 Å². The largest absolute Gasteiger partial charge is 0.462 e. The number of ether oxygens (including phenoxy) is 2. The van der Waals surface area contributed by atoms with Crippen molar-refractivity contribution in [1.82, 2.24) is 9.55 Å². The summed E-state index contributed by atoms with van der Waals surface area (Å²) in [5, 5.41) is 18.9. The lowest BCUT2D eigenvalue weighted by Crippen LogP contribution is -2.38.